The largest absolute Gasteiger partial charge is 0.313 e. The van der Waals surface area contributed by atoms with Gasteiger partial charge in [-0.25, -0.2) is 0 Å². The molecule has 2 aromatic carbocycles. The van der Waals surface area contributed by atoms with Crippen LogP contribution in [0.1, 0.15) is 30.9 Å². The molecule has 0 amide bonds. The summed E-state index contributed by atoms with van der Waals surface area (Å²) in [4.78, 5) is 2.52. The Hall–Kier alpha value is -1.64. The second kappa shape index (κ2) is 10.1. The predicted octanol–water partition coefficient (Wildman–Crippen LogP) is 4.08. The van der Waals surface area contributed by atoms with E-state index in [4.69, 9.17) is 0 Å². The molecule has 22 heavy (non-hydrogen) atoms. The number of hydrogen-bond acceptors (Lipinski definition) is 2. The first kappa shape index (κ1) is 16.7. The van der Waals surface area contributed by atoms with Crippen LogP contribution in [0.15, 0.2) is 60.7 Å². The maximum Gasteiger partial charge on any atom is 0.0233 e. The average Bonchev–Trinajstić information content (AvgIpc) is 2.58. The average molecular weight is 296 g/mol. The molecule has 0 aromatic heterocycles. The van der Waals surface area contributed by atoms with Gasteiger partial charge >= 0.3 is 0 Å². The van der Waals surface area contributed by atoms with Gasteiger partial charge in [-0.1, -0.05) is 67.6 Å². The smallest absolute Gasteiger partial charge is 0.0233 e. The maximum absolute atomic E-state index is 3.52. The molecule has 0 bridgehead atoms. The second-order valence-corrected chi connectivity index (χ2v) is 5.72. The molecule has 2 rings (SSSR count). The van der Waals surface area contributed by atoms with Gasteiger partial charge in [0.25, 0.3) is 0 Å². The first-order chi connectivity index (χ1) is 10.9. The van der Waals surface area contributed by atoms with E-state index in [9.17, 15) is 0 Å². The van der Waals surface area contributed by atoms with E-state index in [1.807, 2.05) is 0 Å². The lowest BCUT2D eigenvalue weighted by atomic mass is 10.2. The summed E-state index contributed by atoms with van der Waals surface area (Å²) in [6.45, 7) is 7.68. The molecule has 0 aliphatic carbocycles. The van der Waals surface area contributed by atoms with Gasteiger partial charge in [0.1, 0.15) is 0 Å². The zero-order chi connectivity index (χ0) is 15.5. The molecule has 2 aromatic rings. The zero-order valence-electron chi connectivity index (χ0n) is 13.7. The van der Waals surface area contributed by atoms with Crippen LogP contribution in [-0.2, 0) is 13.1 Å². The molecule has 0 heterocycles. The van der Waals surface area contributed by atoms with Crippen LogP contribution in [0, 0.1) is 0 Å². The number of benzene rings is 2. The van der Waals surface area contributed by atoms with Crippen molar-refractivity contribution < 1.29 is 0 Å². The van der Waals surface area contributed by atoms with Crippen LogP contribution in [-0.4, -0.2) is 24.5 Å². The lowest BCUT2D eigenvalue weighted by molar-refractivity contribution is 0.273. The van der Waals surface area contributed by atoms with Crippen molar-refractivity contribution >= 4 is 0 Å². The normalized spacial score (nSPS) is 11.0. The molecule has 118 valence electrons. The molecule has 0 saturated heterocycles. The molecule has 0 unspecified atom stereocenters. The summed E-state index contributed by atoms with van der Waals surface area (Å²) in [5.74, 6) is 0. The highest BCUT2D eigenvalue weighted by Gasteiger charge is 2.03. The molecule has 1 N–H and O–H groups in total. The molecule has 0 aliphatic rings. The fraction of sp³-hybridized carbons (Fsp3) is 0.400. The van der Waals surface area contributed by atoms with E-state index in [1.165, 1.54) is 30.5 Å². The SMILES string of the molecule is CCN(CCCCNCc1ccccc1)Cc1ccccc1. The molecule has 0 fully saturated rings. The predicted molar refractivity (Wildman–Crippen MR) is 94.8 cm³/mol. The second-order valence-electron chi connectivity index (χ2n) is 5.72. The van der Waals surface area contributed by atoms with Crippen LogP contribution < -0.4 is 5.32 Å². The van der Waals surface area contributed by atoms with Crippen molar-refractivity contribution in [3.8, 4) is 0 Å². The number of nitrogens with zero attached hydrogens (tertiary/aromatic N) is 1. The Bertz CT molecular complexity index is 496. The highest BCUT2D eigenvalue weighted by Crippen LogP contribution is 2.05. The lowest BCUT2D eigenvalue weighted by Crippen LogP contribution is -2.25. The topological polar surface area (TPSA) is 15.3 Å². The Morgan fingerprint density at radius 1 is 0.818 bits per heavy atom. The van der Waals surface area contributed by atoms with Crippen molar-refractivity contribution in [2.75, 3.05) is 19.6 Å². The molecule has 0 saturated carbocycles. The van der Waals surface area contributed by atoms with Gasteiger partial charge in [-0.05, 0) is 43.6 Å². The van der Waals surface area contributed by atoms with Gasteiger partial charge in [-0.3, -0.25) is 4.90 Å². The Morgan fingerprint density at radius 2 is 1.45 bits per heavy atom. The van der Waals surface area contributed by atoms with Crippen molar-refractivity contribution in [1.82, 2.24) is 10.2 Å². The fourth-order valence-electron chi connectivity index (χ4n) is 2.60. The number of nitrogens with one attached hydrogen (secondary N) is 1. The molecular weight excluding hydrogens is 268 g/mol. The van der Waals surface area contributed by atoms with E-state index in [1.54, 1.807) is 0 Å². The third-order valence-electron chi connectivity index (χ3n) is 3.95. The summed E-state index contributed by atoms with van der Waals surface area (Å²) in [6, 6.07) is 21.4. The van der Waals surface area contributed by atoms with E-state index in [0.717, 1.165) is 26.2 Å². The zero-order valence-corrected chi connectivity index (χ0v) is 13.7. The Kier molecular flexibility index (Phi) is 7.71. The van der Waals surface area contributed by atoms with Gasteiger partial charge in [0.2, 0.25) is 0 Å². The minimum Gasteiger partial charge on any atom is -0.313 e. The van der Waals surface area contributed by atoms with E-state index in [2.05, 4.69) is 77.8 Å². The molecule has 0 atom stereocenters. The quantitative estimate of drug-likeness (QED) is 0.665. The van der Waals surface area contributed by atoms with Crippen LogP contribution in [0.25, 0.3) is 0 Å². The van der Waals surface area contributed by atoms with E-state index in [0.29, 0.717) is 0 Å². The molecule has 0 spiro atoms. The molecule has 0 aliphatic heterocycles. The monoisotopic (exact) mass is 296 g/mol. The van der Waals surface area contributed by atoms with E-state index in [-0.39, 0.29) is 0 Å². The van der Waals surface area contributed by atoms with Gasteiger partial charge < -0.3 is 5.32 Å². The molecule has 0 radical (unpaired) electrons. The Morgan fingerprint density at radius 3 is 2.09 bits per heavy atom. The minimum atomic E-state index is 0.975. The standard InChI is InChI=1S/C20H28N2/c1-2-22(18-20-13-7-4-8-14-20)16-10-9-15-21-17-19-11-5-3-6-12-19/h3-8,11-14,21H,2,9-10,15-18H2,1H3. The Balaban J connectivity index is 1.57. The molecule has 2 nitrogen and oxygen atoms in total. The summed E-state index contributed by atoms with van der Waals surface area (Å²) in [5.41, 5.74) is 2.77. The fourth-order valence-corrected chi connectivity index (χ4v) is 2.60. The van der Waals surface area contributed by atoms with Crippen LogP contribution >= 0.6 is 0 Å². The number of hydrogen-bond donors (Lipinski definition) is 1. The van der Waals surface area contributed by atoms with Crippen molar-refractivity contribution in [3.63, 3.8) is 0 Å². The summed E-state index contributed by atoms with van der Waals surface area (Å²) in [7, 11) is 0. The highest BCUT2D eigenvalue weighted by molar-refractivity contribution is 5.15. The number of unbranched alkanes of at least 4 members (excludes halogenated alkanes) is 1. The summed E-state index contributed by atoms with van der Waals surface area (Å²) < 4.78 is 0. The van der Waals surface area contributed by atoms with E-state index >= 15 is 0 Å². The van der Waals surface area contributed by atoms with E-state index < -0.39 is 0 Å². The van der Waals surface area contributed by atoms with Gasteiger partial charge in [-0.15, -0.1) is 0 Å². The van der Waals surface area contributed by atoms with Crippen LogP contribution in [0.5, 0.6) is 0 Å². The van der Waals surface area contributed by atoms with Crippen molar-refractivity contribution in [1.29, 1.82) is 0 Å². The van der Waals surface area contributed by atoms with Crippen LogP contribution in [0.2, 0.25) is 0 Å². The Labute approximate surface area is 135 Å². The van der Waals surface area contributed by atoms with Crippen molar-refractivity contribution in [2.24, 2.45) is 0 Å². The summed E-state index contributed by atoms with van der Waals surface area (Å²) in [5, 5.41) is 3.52. The molecular formula is C20H28N2. The molecule has 2 heteroatoms. The first-order valence-electron chi connectivity index (χ1n) is 8.39. The van der Waals surface area contributed by atoms with Crippen LogP contribution in [0.3, 0.4) is 0 Å². The lowest BCUT2D eigenvalue weighted by Gasteiger charge is -2.20. The summed E-state index contributed by atoms with van der Waals surface area (Å²) in [6.07, 6.45) is 2.49. The minimum absolute atomic E-state index is 0.975. The van der Waals surface area contributed by atoms with Gasteiger partial charge in [0.05, 0.1) is 0 Å². The van der Waals surface area contributed by atoms with Crippen molar-refractivity contribution in [2.45, 2.75) is 32.9 Å². The first-order valence-corrected chi connectivity index (χ1v) is 8.39. The van der Waals surface area contributed by atoms with Gasteiger partial charge in [-0.2, -0.15) is 0 Å². The van der Waals surface area contributed by atoms with Gasteiger partial charge in [0.15, 0.2) is 0 Å². The third-order valence-corrected chi connectivity index (χ3v) is 3.95. The maximum atomic E-state index is 3.52. The summed E-state index contributed by atoms with van der Waals surface area (Å²) >= 11 is 0. The van der Waals surface area contributed by atoms with Gasteiger partial charge in [0, 0.05) is 13.1 Å². The number of rotatable bonds is 10. The van der Waals surface area contributed by atoms with Crippen molar-refractivity contribution in [3.05, 3.63) is 71.8 Å². The van der Waals surface area contributed by atoms with Crippen LogP contribution in [0.4, 0.5) is 0 Å². The highest BCUT2D eigenvalue weighted by atomic mass is 15.1. The third kappa shape index (κ3) is 6.42.